The number of ether oxygens (including phenoxy) is 1. The second kappa shape index (κ2) is 10.5. The summed E-state index contributed by atoms with van der Waals surface area (Å²) >= 11 is 3.52. The van der Waals surface area contributed by atoms with Gasteiger partial charge in [0, 0.05) is 33.5 Å². The van der Waals surface area contributed by atoms with Crippen molar-refractivity contribution in [1.29, 1.82) is 0 Å². The average Bonchev–Trinajstić information content (AvgIpc) is 3.11. The highest BCUT2D eigenvalue weighted by molar-refractivity contribution is 9.10. The second-order valence-corrected chi connectivity index (χ2v) is 9.60. The molecule has 0 aliphatic heterocycles. The molecule has 4 aromatic rings. The van der Waals surface area contributed by atoms with Gasteiger partial charge < -0.3 is 14.4 Å². The highest BCUT2D eigenvalue weighted by Gasteiger charge is 2.26. The largest absolute Gasteiger partial charge is 0.497 e. The molecule has 34 heavy (non-hydrogen) atoms. The van der Waals surface area contributed by atoms with Crippen LogP contribution in [-0.4, -0.2) is 22.8 Å². The number of benzene rings is 3. The number of unbranched alkanes of at least 4 members (excludes halogenated alkanes) is 1. The van der Waals surface area contributed by atoms with E-state index in [1.165, 1.54) is 11.1 Å². The Balaban J connectivity index is 1.95. The van der Waals surface area contributed by atoms with Crippen LogP contribution < -0.4 is 4.74 Å². The number of carboxylic acids is 1. The normalized spacial score (nSPS) is 12.1. The first-order valence-electron chi connectivity index (χ1n) is 11.7. The maximum atomic E-state index is 12.1. The van der Waals surface area contributed by atoms with Crippen LogP contribution in [0.5, 0.6) is 5.75 Å². The molecular weight excluding hydrogens is 490 g/mol. The van der Waals surface area contributed by atoms with Crippen LogP contribution in [-0.2, 0) is 6.54 Å². The summed E-state index contributed by atoms with van der Waals surface area (Å²) in [6.45, 7) is 5.07. The van der Waals surface area contributed by atoms with Gasteiger partial charge in [-0.25, -0.2) is 4.79 Å². The molecule has 0 aliphatic carbocycles. The summed E-state index contributed by atoms with van der Waals surface area (Å²) in [5, 5.41) is 11.1. The minimum absolute atomic E-state index is 0.0203. The molecule has 1 heterocycles. The number of nitrogens with zero attached hydrogens (tertiary/aromatic N) is 1. The molecular formula is C29H30BrNO3. The Morgan fingerprint density at radius 1 is 1.09 bits per heavy atom. The van der Waals surface area contributed by atoms with Crippen molar-refractivity contribution >= 4 is 32.8 Å². The minimum Gasteiger partial charge on any atom is -0.497 e. The Labute approximate surface area is 209 Å². The third-order valence-corrected chi connectivity index (χ3v) is 7.12. The minimum atomic E-state index is -0.883. The highest BCUT2D eigenvalue weighted by atomic mass is 79.9. The molecule has 176 valence electrons. The molecule has 1 atom stereocenters. The van der Waals surface area contributed by atoms with Gasteiger partial charge in [0.2, 0.25) is 0 Å². The van der Waals surface area contributed by atoms with E-state index < -0.39 is 5.97 Å². The van der Waals surface area contributed by atoms with Gasteiger partial charge in [-0.3, -0.25) is 0 Å². The zero-order chi connectivity index (χ0) is 24.2. The second-order valence-electron chi connectivity index (χ2n) is 8.68. The SMILES string of the molecule is CCCCC(c1ccccc1C(=O)O)c1c(C)n(Cc2ccc(Br)cc2)c2ccc(OC)cc12. The first kappa shape index (κ1) is 24.1. The van der Waals surface area contributed by atoms with E-state index in [4.69, 9.17) is 4.74 Å². The molecule has 4 rings (SSSR count). The first-order valence-corrected chi connectivity index (χ1v) is 12.5. The van der Waals surface area contributed by atoms with Crippen LogP contribution in [0.15, 0.2) is 71.2 Å². The number of fused-ring (bicyclic) bond motifs is 1. The molecule has 1 N–H and O–H groups in total. The molecule has 3 aromatic carbocycles. The number of aromatic nitrogens is 1. The lowest BCUT2D eigenvalue weighted by molar-refractivity contribution is 0.0695. The molecule has 0 spiro atoms. The van der Waals surface area contributed by atoms with Crippen molar-refractivity contribution in [3.05, 3.63) is 99.2 Å². The molecule has 0 aliphatic rings. The number of methoxy groups -OCH3 is 1. The van der Waals surface area contributed by atoms with Gasteiger partial charge in [-0.05, 0) is 66.4 Å². The highest BCUT2D eigenvalue weighted by Crippen LogP contribution is 2.41. The van der Waals surface area contributed by atoms with E-state index in [-0.39, 0.29) is 5.92 Å². The maximum Gasteiger partial charge on any atom is 0.335 e. The van der Waals surface area contributed by atoms with E-state index in [2.05, 4.69) is 70.7 Å². The number of carboxylic acid groups (broad SMARTS) is 1. The van der Waals surface area contributed by atoms with Crippen molar-refractivity contribution in [2.45, 2.75) is 45.6 Å². The van der Waals surface area contributed by atoms with Crippen LogP contribution in [0.25, 0.3) is 10.9 Å². The molecule has 0 amide bonds. The third kappa shape index (κ3) is 4.76. The van der Waals surface area contributed by atoms with Gasteiger partial charge in [0.1, 0.15) is 5.75 Å². The molecule has 0 fully saturated rings. The smallest absolute Gasteiger partial charge is 0.335 e. The van der Waals surface area contributed by atoms with E-state index >= 15 is 0 Å². The van der Waals surface area contributed by atoms with Gasteiger partial charge in [-0.15, -0.1) is 0 Å². The lowest BCUT2D eigenvalue weighted by Crippen LogP contribution is -2.10. The number of rotatable bonds is 9. The predicted molar refractivity (Wildman–Crippen MR) is 141 cm³/mol. The van der Waals surface area contributed by atoms with E-state index in [0.717, 1.165) is 58.2 Å². The Morgan fingerprint density at radius 2 is 1.82 bits per heavy atom. The summed E-state index contributed by atoms with van der Waals surface area (Å²) in [4.78, 5) is 12.1. The molecule has 0 saturated heterocycles. The molecule has 0 bridgehead atoms. The first-order chi connectivity index (χ1) is 16.4. The quantitative estimate of drug-likeness (QED) is 0.245. The monoisotopic (exact) mass is 519 g/mol. The zero-order valence-electron chi connectivity index (χ0n) is 19.8. The van der Waals surface area contributed by atoms with Crippen LogP contribution >= 0.6 is 15.9 Å². The molecule has 1 unspecified atom stereocenters. The standard InChI is InChI=1S/C29H30BrNO3/c1-4-5-8-24(23-9-6-7-10-25(23)29(32)33)28-19(2)31(18-20-11-13-21(30)14-12-20)27-16-15-22(34-3)17-26(27)28/h6-7,9-17,24H,4-5,8,18H2,1-3H3,(H,32,33). The zero-order valence-corrected chi connectivity index (χ0v) is 21.4. The third-order valence-electron chi connectivity index (χ3n) is 6.59. The van der Waals surface area contributed by atoms with Crippen molar-refractivity contribution in [3.63, 3.8) is 0 Å². The Bertz CT molecular complexity index is 1310. The number of carbonyl (C=O) groups is 1. The van der Waals surface area contributed by atoms with E-state index in [9.17, 15) is 9.90 Å². The number of halogens is 1. The molecule has 1 aromatic heterocycles. The van der Waals surface area contributed by atoms with Crippen LogP contribution in [0.1, 0.15) is 64.8 Å². The fourth-order valence-corrected chi connectivity index (χ4v) is 5.15. The van der Waals surface area contributed by atoms with Crippen molar-refractivity contribution in [3.8, 4) is 5.75 Å². The molecule has 5 heteroatoms. The molecule has 0 saturated carbocycles. The van der Waals surface area contributed by atoms with Crippen LogP contribution in [0.4, 0.5) is 0 Å². The van der Waals surface area contributed by atoms with Crippen LogP contribution in [0.3, 0.4) is 0 Å². The van der Waals surface area contributed by atoms with Crippen molar-refractivity contribution in [2.75, 3.05) is 7.11 Å². The number of aromatic carboxylic acids is 1. The number of hydrogen-bond donors (Lipinski definition) is 1. The van der Waals surface area contributed by atoms with Gasteiger partial charge in [-0.1, -0.05) is 66.0 Å². The lowest BCUT2D eigenvalue weighted by Gasteiger charge is -2.21. The Hall–Kier alpha value is -3.05. The van der Waals surface area contributed by atoms with Gasteiger partial charge in [0.05, 0.1) is 12.7 Å². The summed E-state index contributed by atoms with van der Waals surface area (Å²) in [5.74, 6) is -0.103. The van der Waals surface area contributed by atoms with E-state index in [0.29, 0.717) is 5.56 Å². The molecule has 4 nitrogen and oxygen atoms in total. The summed E-state index contributed by atoms with van der Waals surface area (Å²) in [5.41, 5.74) is 5.93. The van der Waals surface area contributed by atoms with Gasteiger partial charge >= 0.3 is 5.97 Å². The van der Waals surface area contributed by atoms with Gasteiger partial charge in [0.15, 0.2) is 0 Å². The summed E-state index contributed by atoms with van der Waals surface area (Å²) in [7, 11) is 1.68. The fourth-order valence-electron chi connectivity index (χ4n) is 4.89. The summed E-state index contributed by atoms with van der Waals surface area (Å²) in [6.07, 6.45) is 2.95. The van der Waals surface area contributed by atoms with E-state index in [1.807, 2.05) is 18.2 Å². The predicted octanol–water partition coefficient (Wildman–Crippen LogP) is 7.79. The Morgan fingerprint density at radius 3 is 2.50 bits per heavy atom. The topological polar surface area (TPSA) is 51.5 Å². The Kier molecular flexibility index (Phi) is 7.42. The summed E-state index contributed by atoms with van der Waals surface area (Å²) in [6, 6.07) is 22.0. The van der Waals surface area contributed by atoms with Crippen molar-refractivity contribution in [1.82, 2.24) is 4.57 Å². The van der Waals surface area contributed by atoms with Gasteiger partial charge in [0.25, 0.3) is 0 Å². The fraction of sp³-hybridized carbons (Fsp3) is 0.276. The van der Waals surface area contributed by atoms with Crippen LogP contribution in [0.2, 0.25) is 0 Å². The summed E-state index contributed by atoms with van der Waals surface area (Å²) < 4.78 is 8.98. The average molecular weight is 520 g/mol. The van der Waals surface area contributed by atoms with Gasteiger partial charge in [-0.2, -0.15) is 0 Å². The number of hydrogen-bond acceptors (Lipinski definition) is 2. The van der Waals surface area contributed by atoms with Crippen LogP contribution in [0, 0.1) is 6.92 Å². The maximum absolute atomic E-state index is 12.1. The van der Waals surface area contributed by atoms with E-state index in [1.54, 1.807) is 19.2 Å². The van der Waals surface area contributed by atoms with Crippen molar-refractivity contribution < 1.29 is 14.6 Å². The molecule has 0 radical (unpaired) electrons. The van der Waals surface area contributed by atoms with Crippen molar-refractivity contribution in [2.24, 2.45) is 0 Å². The lowest BCUT2D eigenvalue weighted by atomic mass is 9.83.